The Bertz CT molecular complexity index is 1750. The molecule has 1 saturated heterocycles. The van der Waals surface area contributed by atoms with Gasteiger partial charge in [-0.15, -0.1) is 16.4 Å². The third-order valence-electron chi connectivity index (χ3n) is 9.28. The summed E-state index contributed by atoms with van der Waals surface area (Å²) in [4.78, 5) is 61.3. The summed E-state index contributed by atoms with van der Waals surface area (Å²) in [7, 11) is 1.59. The monoisotopic (exact) mass is 705 g/mol. The molecule has 1 aliphatic carbocycles. The Morgan fingerprint density at radius 2 is 1.86 bits per heavy atom. The molecule has 1 saturated carbocycles. The largest absolute Gasteiger partial charge is 0.497 e. The lowest BCUT2D eigenvalue weighted by Gasteiger charge is -2.30. The van der Waals surface area contributed by atoms with E-state index in [-0.39, 0.29) is 25.3 Å². The number of alkyl carbamates (subject to hydrolysis) is 1. The van der Waals surface area contributed by atoms with Crippen molar-refractivity contribution >= 4 is 35.2 Å². The van der Waals surface area contributed by atoms with Gasteiger partial charge in [-0.2, -0.15) is 9.90 Å². The van der Waals surface area contributed by atoms with Crippen LogP contribution in [-0.4, -0.2) is 90.7 Å². The highest BCUT2D eigenvalue weighted by molar-refractivity contribution is 7.13. The lowest BCUT2D eigenvalue weighted by molar-refractivity contribution is -0.145. The fraction of sp³-hybridized carbons (Fsp3) is 0.514. The molecule has 266 valence electrons. The normalized spacial score (nSPS) is 26.4. The number of allylic oxidation sites excluding steroid dienone is 1. The molecule has 0 unspecified atom stereocenters. The highest BCUT2D eigenvalue weighted by Crippen LogP contribution is 2.46. The molecular weight excluding hydrogens is 662 g/mol. The molecule has 3 aromatic rings. The number of rotatable bonds is 6. The van der Waals surface area contributed by atoms with Gasteiger partial charge in [0, 0.05) is 36.0 Å². The van der Waals surface area contributed by atoms with E-state index in [4.69, 9.17) is 19.7 Å². The number of carboxylic acid groups (broad SMARTS) is 1. The van der Waals surface area contributed by atoms with Gasteiger partial charge in [-0.1, -0.05) is 25.0 Å². The van der Waals surface area contributed by atoms with Crippen molar-refractivity contribution in [3.63, 3.8) is 0 Å². The SMILES string of the molecule is COc1ccc(-c2nn([C@H]3C[C@H]4C(=O)N[C@]5(C(=O)O)C[C@@H]5/C=C\CCCCC[C@H](NC(=O)OC(C)(C)C)C(=O)N4C3)nc2-c2nccs2)cc1. The van der Waals surface area contributed by atoms with Gasteiger partial charge in [-0.25, -0.2) is 14.6 Å². The minimum Gasteiger partial charge on any atom is -0.497 e. The minimum absolute atomic E-state index is 0.0564. The van der Waals surface area contributed by atoms with Crippen molar-refractivity contribution in [3.05, 3.63) is 48.0 Å². The number of aliphatic carboxylic acids is 1. The summed E-state index contributed by atoms with van der Waals surface area (Å²) in [6.45, 7) is 5.28. The Labute approximate surface area is 294 Å². The van der Waals surface area contributed by atoms with Gasteiger partial charge in [0.1, 0.15) is 45.4 Å². The Balaban J connectivity index is 1.35. The molecular formula is C35H43N7O7S. The number of nitrogens with one attached hydrogen (secondary N) is 2. The van der Waals surface area contributed by atoms with E-state index in [9.17, 15) is 24.3 Å². The van der Waals surface area contributed by atoms with Crippen molar-refractivity contribution in [2.75, 3.05) is 13.7 Å². The number of nitrogens with zero attached hydrogens (tertiary/aromatic N) is 5. The summed E-state index contributed by atoms with van der Waals surface area (Å²) < 4.78 is 10.8. The minimum atomic E-state index is -1.45. The van der Waals surface area contributed by atoms with Gasteiger partial charge in [0.2, 0.25) is 11.8 Å². The fourth-order valence-corrected chi connectivity index (χ4v) is 7.23. The number of fused-ring (bicyclic) bond motifs is 2. The Morgan fingerprint density at radius 1 is 1.10 bits per heavy atom. The van der Waals surface area contributed by atoms with Crippen molar-refractivity contribution in [1.82, 2.24) is 35.5 Å². The molecule has 2 fully saturated rings. The number of hydrogen-bond acceptors (Lipinski definition) is 10. The molecule has 0 spiro atoms. The number of hydrogen-bond donors (Lipinski definition) is 3. The quantitative estimate of drug-likeness (QED) is 0.307. The third kappa shape index (κ3) is 7.52. The van der Waals surface area contributed by atoms with E-state index in [2.05, 4.69) is 15.6 Å². The Kier molecular flexibility index (Phi) is 9.96. The predicted octanol–water partition coefficient (Wildman–Crippen LogP) is 4.59. The number of benzene rings is 1. The van der Waals surface area contributed by atoms with Gasteiger partial charge in [0.05, 0.1) is 13.2 Å². The standard InChI is InChI=1S/C35H43N7O7S/c1-34(2,3)49-33(47)37-25-11-9-7-5-6-8-10-22-19-35(22,32(45)46)38-29(43)26-18-23(20-41(26)31(25)44)42-39-27(21-12-14-24(48-4)15-13-21)28(40-42)30-36-16-17-50-30/h8,10,12-17,22-23,25-26H,5-7,9,11,18-20H2,1-4H3,(H,37,47)(H,38,43)(H,45,46)/b10-8-/t22-,23-,25-,26-,35+/m0/s1. The first-order valence-electron chi connectivity index (χ1n) is 16.9. The molecule has 15 heteroatoms. The first-order chi connectivity index (χ1) is 23.9. The summed E-state index contributed by atoms with van der Waals surface area (Å²) in [5, 5.41) is 28.0. The first-order valence-corrected chi connectivity index (χ1v) is 17.8. The molecule has 0 radical (unpaired) electrons. The molecule has 2 aliphatic heterocycles. The summed E-state index contributed by atoms with van der Waals surface area (Å²) in [6, 6.07) is 4.85. The molecule has 4 heterocycles. The van der Waals surface area contributed by atoms with E-state index >= 15 is 0 Å². The summed E-state index contributed by atoms with van der Waals surface area (Å²) in [6.07, 6.45) is 8.55. The maximum absolute atomic E-state index is 14.4. The molecule has 5 atom stereocenters. The molecule has 2 aromatic heterocycles. The van der Waals surface area contributed by atoms with Gasteiger partial charge in [0.25, 0.3) is 0 Å². The predicted molar refractivity (Wildman–Crippen MR) is 184 cm³/mol. The maximum atomic E-state index is 14.4. The van der Waals surface area contributed by atoms with Gasteiger partial charge in [-0.3, -0.25) is 9.59 Å². The smallest absolute Gasteiger partial charge is 0.408 e. The molecule has 3 aliphatic rings. The number of methoxy groups -OCH3 is 1. The van der Waals surface area contributed by atoms with Crippen LogP contribution in [0.4, 0.5) is 4.79 Å². The van der Waals surface area contributed by atoms with Crippen LogP contribution >= 0.6 is 11.3 Å². The van der Waals surface area contributed by atoms with Gasteiger partial charge >= 0.3 is 12.1 Å². The Hall–Kier alpha value is -4.79. The number of thiazole rings is 1. The zero-order chi connectivity index (χ0) is 35.6. The van der Waals surface area contributed by atoms with Crippen LogP contribution in [0.2, 0.25) is 0 Å². The van der Waals surface area contributed by atoms with Gasteiger partial charge in [-0.05, 0) is 70.7 Å². The lowest BCUT2D eigenvalue weighted by atomic mass is 10.0. The second-order valence-corrected chi connectivity index (χ2v) is 14.9. The van der Waals surface area contributed by atoms with Gasteiger partial charge < -0.3 is 30.1 Å². The van der Waals surface area contributed by atoms with Gasteiger partial charge in [0.15, 0.2) is 0 Å². The van der Waals surface area contributed by atoms with Crippen molar-refractivity contribution < 1.29 is 33.8 Å². The summed E-state index contributed by atoms with van der Waals surface area (Å²) in [5.74, 6) is -1.81. The number of carboxylic acids is 1. The molecule has 3 amide bonds. The van der Waals surface area contributed by atoms with E-state index in [1.54, 1.807) is 34.1 Å². The lowest BCUT2D eigenvalue weighted by Crippen LogP contribution is -2.56. The molecule has 6 rings (SSSR count). The average Bonchev–Trinajstić information content (AvgIpc) is 3.52. The zero-order valence-corrected chi connectivity index (χ0v) is 29.4. The molecule has 0 bridgehead atoms. The molecule has 14 nitrogen and oxygen atoms in total. The van der Waals surface area contributed by atoms with Crippen LogP contribution in [0.15, 0.2) is 48.0 Å². The van der Waals surface area contributed by atoms with Crippen LogP contribution in [0.5, 0.6) is 5.75 Å². The number of carbonyl (C=O) groups excluding carboxylic acids is 3. The number of amides is 3. The maximum Gasteiger partial charge on any atom is 0.408 e. The summed E-state index contributed by atoms with van der Waals surface area (Å²) >= 11 is 1.41. The van der Waals surface area contributed by atoms with Crippen LogP contribution in [0.3, 0.4) is 0 Å². The van der Waals surface area contributed by atoms with E-state index in [0.717, 1.165) is 24.8 Å². The highest BCUT2D eigenvalue weighted by atomic mass is 32.1. The second-order valence-electron chi connectivity index (χ2n) is 14.0. The van der Waals surface area contributed by atoms with Crippen LogP contribution in [-0.2, 0) is 19.1 Å². The van der Waals surface area contributed by atoms with Crippen LogP contribution in [0.1, 0.15) is 71.8 Å². The van der Waals surface area contributed by atoms with Crippen LogP contribution in [0, 0.1) is 5.92 Å². The number of ether oxygens (including phenoxy) is 2. The Morgan fingerprint density at radius 3 is 2.54 bits per heavy atom. The van der Waals surface area contributed by atoms with E-state index in [0.29, 0.717) is 35.0 Å². The van der Waals surface area contributed by atoms with Crippen LogP contribution < -0.4 is 15.4 Å². The van der Waals surface area contributed by atoms with E-state index in [1.807, 2.05) is 41.8 Å². The van der Waals surface area contributed by atoms with Crippen molar-refractivity contribution in [2.45, 2.75) is 95.0 Å². The fourth-order valence-electron chi connectivity index (χ4n) is 6.61. The zero-order valence-electron chi connectivity index (χ0n) is 28.6. The highest BCUT2D eigenvalue weighted by Gasteiger charge is 2.61. The summed E-state index contributed by atoms with van der Waals surface area (Å²) in [5.41, 5.74) is -0.327. The van der Waals surface area contributed by atoms with Crippen molar-refractivity contribution in [1.29, 1.82) is 0 Å². The van der Waals surface area contributed by atoms with Crippen molar-refractivity contribution in [3.8, 4) is 27.7 Å². The second kappa shape index (κ2) is 14.2. The molecule has 50 heavy (non-hydrogen) atoms. The average molecular weight is 706 g/mol. The van der Waals surface area contributed by atoms with E-state index < -0.39 is 53.1 Å². The topological polar surface area (TPSA) is 178 Å². The van der Waals surface area contributed by atoms with E-state index in [1.165, 1.54) is 21.0 Å². The number of aromatic nitrogens is 4. The number of carbonyl (C=O) groups is 4. The molecule has 1 aromatic carbocycles. The molecule has 3 N–H and O–H groups in total. The van der Waals surface area contributed by atoms with Crippen LogP contribution in [0.25, 0.3) is 22.0 Å². The first kappa shape index (κ1) is 35.1. The van der Waals surface area contributed by atoms with Crippen molar-refractivity contribution in [2.24, 2.45) is 5.92 Å². The third-order valence-corrected chi connectivity index (χ3v) is 10.1.